The molecule has 0 radical (unpaired) electrons. The van der Waals surface area contributed by atoms with Crippen molar-refractivity contribution in [2.45, 2.75) is 82.8 Å². The lowest BCUT2D eigenvalue weighted by Crippen LogP contribution is -2.40. The molecule has 2 atom stereocenters. The molecule has 1 aromatic rings. The summed E-state index contributed by atoms with van der Waals surface area (Å²) in [7, 11) is 0. The Morgan fingerprint density at radius 2 is 1.79 bits per heavy atom. The quantitative estimate of drug-likeness (QED) is 0.594. The molecule has 2 heterocycles. The van der Waals surface area contributed by atoms with Crippen molar-refractivity contribution in [3.05, 3.63) is 0 Å². The number of nitrogens with zero attached hydrogens (tertiary/aromatic N) is 3. The number of hydrogen-bond donors (Lipinski definition) is 4. The van der Waals surface area contributed by atoms with E-state index in [-0.39, 0.29) is 12.1 Å². The Bertz CT molecular complexity index is 512. The minimum Gasteiger partial charge on any atom is -0.479 e. The molecule has 1 saturated heterocycles. The number of hydrogen-bond acceptors (Lipinski definition) is 7. The summed E-state index contributed by atoms with van der Waals surface area (Å²) in [6.45, 7) is 3.23. The van der Waals surface area contributed by atoms with E-state index in [0.717, 1.165) is 32.2 Å². The minimum absolute atomic E-state index is 0.224. The van der Waals surface area contributed by atoms with Crippen molar-refractivity contribution in [3.8, 4) is 6.01 Å². The molecule has 1 aliphatic heterocycles. The zero-order valence-electron chi connectivity index (χ0n) is 14.6. The van der Waals surface area contributed by atoms with Crippen molar-refractivity contribution >= 4 is 11.9 Å². The molecule has 7 nitrogen and oxygen atoms in total. The Balaban J connectivity index is 1.66. The molecule has 24 heavy (non-hydrogen) atoms. The third-order valence-corrected chi connectivity index (χ3v) is 5.15. The van der Waals surface area contributed by atoms with Crippen LogP contribution in [0, 0.1) is 0 Å². The second kappa shape index (κ2) is 8.46. The number of rotatable bonds is 6. The van der Waals surface area contributed by atoms with Crippen molar-refractivity contribution in [2.75, 3.05) is 17.2 Å². The Morgan fingerprint density at radius 1 is 1.04 bits per heavy atom. The lowest BCUT2D eigenvalue weighted by atomic mass is 10.0. The van der Waals surface area contributed by atoms with E-state index >= 15 is 0 Å². The van der Waals surface area contributed by atoms with E-state index in [1.807, 2.05) is 0 Å². The van der Waals surface area contributed by atoms with Gasteiger partial charge in [-0.05, 0) is 38.6 Å². The summed E-state index contributed by atoms with van der Waals surface area (Å²) in [5.74, 6) is 0.935. The van der Waals surface area contributed by atoms with Gasteiger partial charge in [-0.15, -0.1) is 0 Å². The molecule has 1 saturated carbocycles. The first-order valence-electron chi connectivity index (χ1n) is 9.46. The van der Waals surface area contributed by atoms with Gasteiger partial charge in [-0.1, -0.05) is 32.6 Å². The second-order valence-electron chi connectivity index (χ2n) is 6.98. The smallest absolute Gasteiger partial charge is 0.320 e. The molecular formula is C17H30N6O. The summed E-state index contributed by atoms with van der Waals surface area (Å²) in [5.41, 5.74) is 0. The van der Waals surface area contributed by atoms with Crippen LogP contribution in [0.2, 0.25) is 0 Å². The van der Waals surface area contributed by atoms with Gasteiger partial charge in [0.05, 0.1) is 0 Å². The van der Waals surface area contributed by atoms with Gasteiger partial charge in [0, 0.05) is 18.1 Å². The number of aromatic nitrogens is 3. The van der Waals surface area contributed by atoms with Crippen molar-refractivity contribution in [1.29, 1.82) is 0 Å². The van der Waals surface area contributed by atoms with Crippen LogP contribution in [0.5, 0.6) is 6.01 Å². The molecule has 134 valence electrons. The normalized spacial score (nSPS) is 23.6. The van der Waals surface area contributed by atoms with E-state index in [9.17, 15) is 5.11 Å². The predicted molar refractivity (Wildman–Crippen MR) is 95.3 cm³/mol. The molecule has 2 fully saturated rings. The summed E-state index contributed by atoms with van der Waals surface area (Å²) < 4.78 is 0. The minimum atomic E-state index is -0.224. The fourth-order valence-electron chi connectivity index (χ4n) is 3.81. The van der Waals surface area contributed by atoms with Crippen LogP contribution in [0.4, 0.5) is 11.9 Å². The number of aromatic hydroxyl groups is 1. The zero-order valence-corrected chi connectivity index (χ0v) is 14.6. The average molecular weight is 334 g/mol. The lowest BCUT2D eigenvalue weighted by molar-refractivity contribution is 0.427. The summed E-state index contributed by atoms with van der Waals surface area (Å²) >= 11 is 0. The Labute approximate surface area is 144 Å². The van der Waals surface area contributed by atoms with E-state index in [1.54, 1.807) is 0 Å². The molecule has 1 aliphatic carbocycles. The van der Waals surface area contributed by atoms with E-state index in [0.29, 0.717) is 24.0 Å². The highest BCUT2D eigenvalue weighted by atomic mass is 16.3. The molecular weight excluding hydrogens is 304 g/mol. The van der Waals surface area contributed by atoms with Crippen molar-refractivity contribution in [3.63, 3.8) is 0 Å². The fraction of sp³-hybridized carbons (Fsp3) is 0.824. The van der Waals surface area contributed by atoms with Crippen LogP contribution in [0.15, 0.2) is 0 Å². The summed E-state index contributed by atoms with van der Waals surface area (Å²) in [6.07, 6.45) is 10.7. The molecule has 1 aromatic heterocycles. The summed E-state index contributed by atoms with van der Waals surface area (Å²) in [5, 5.41) is 20.2. The molecule has 2 aliphatic rings. The molecule has 0 bridgehead atoms. The third kappa shape index (κ3) is 4.69. The Kier molecular flexibility index (Phi) is 6.07. The zero-order chi connectivity index (χ0) is 16.8. The molecule has 2 unspecified atom stereocenters. The number of nitrogens with one attached hydrogen (secondary N) is 3. The molecule has 3 rings (SSSR count). The summed E-state index contributed by atoms with van der Waals surface area (Å²) in [6, 6.07) is 0.866. The summed E-state index contributed by atoms with van der Waals surface area (Å²) in [4.78, 5) is 12.6. The van der Waals surface area contributed by atoms with Crippen LogP contribution in [0.3, 0.4) is 0 Å². The van der Waals surface area contributed by atoms with Gasteiger partial charge < -0.3 is 21.1 Å². The van der Waals surface area contributed by atoms with Gasteiger partial charge in [-0.2, -0.15) is 15.0 Å². The van der Waals surface area contributed by atoms with Crippen molar-refractivity contribution in [2.24, 2.45) is 0 Å². The van der Waals surface area contributed by atoms with E-state index in [2.05, 4.69) is 37.8 Å². The van der Waals surface area contributed by atoms with Crippen LogP contribution in [-0.4, -0.2) is 44.7 Å². The average Bonchev–Trinajstić information content (AvgIpc) is 2.98. The van der Waals surface area contributed by atoms with Gasteiger partial charge in [0.1, 0.15) is 0 Å². The van der Waals surface area contributed by atoms with Crippen LogP contribution < -0.4 is 16.0 Å². The van der Waals surface area contributed by atoms with E-state index < -0.39 is 0 Å². The maximum absolute atomic E-state index is 9.87. The highest BCUT2D eigenvalue weighted by Gasteiger charge is 2.24. The largest absolute Gasteiger partial charge is 0.479 e. The predicted octanol–water partition coefficient (Wildman–Crippen LogP) is 2.65. The van der Waals surface area contributed by atoms with Crippen LogP contribution >= 0.6 is 0 Å². The van der Waals surface area contributed by atoms with Gasteiger partial charge in [0.2, 0.25) is 11.9 Å². The standard InChI is InChI=1S/C17H30N6O/c1-2-13(14-10-7-11-18-14)20-16-21-15(22-17(24)23-16)19-12-8-5-3-4-6-9-12/h12-14,18H,2-11H2,1H3,(H3,19,20,21,22,23,24). The van der Waals surface area contributed by atoms with Gasteiger partial charge >= 0.3 is 6.01 Å². The first-order valence-corrected chi connectivity index (χ1v) is 9.46. The second-order valence-corrected chi connectivity index (χ2v) is 6.98. The maximum Gasteiger partial charge on any atom is 0.320 e. The molecule has 4 N–H and O–H groups in total. The SMILES string of the molecule is CCC(Nc1nc(O)nc(NC2CCCCCC2)n1)C1CCCN1. The molecule has 0 aromatic carbocycles. The highest BCUT2D eigenvalue weighted by molar-refractivity contribution is 5.37. The van der Waals surface area contributed by atoms with Crippen molar-refractivity contribution < 1.29 is 5.11 Å². The van der Waals surface area contributed by atoms with Crippen LogP contribution in [0.1, 0.15) is 64.7 Å². The third-order valence-electron chi connectivity index (χ3n) is 5.15. The lowest BCUT2D eigenvalue weighted by Gasteiger charge is -2.24. The van der Waals surface area contributed by atoms with Gasteiger partial charge in [-0.3, -0.25) is 0 Å². The monoisotopic (exact) mass is 334 g/mol. The number of anilines is 2. The van der Waals surface area contributed by atoms with Crippen molar-refractivity contribution in [1.82, 2.24) is 20.3 Å². The van der Waals surface area contributed by atoms with Gasteiger partial charge in [0.25, 0.3) is 0 Å². The fourth-order valence-corrected chi connectivity index (χ4v) is 3.81. The van der Waals surface area contributed by atoms with Crippen LogP contribution in [-0.2, 0) is 0 Å². The van der Waals surface area contributed by atoms with Gasteiger partial charge in [-0.25, -0.2) is 0 Å². The first-order chi connectivity index (χ1) is 11.7. The Morgan fingerprint density at radius 3 is 2.46 bits per heavy atom. The van der Waals surface area contributed by atoms with Gasteiger partial charge in [0.15, 0.2) is 0 Å². The highest BCUT2D eigenvalue weighted by Crippen LogP contribution is 2.21. The van der Waals surface area contributed by atoms with E-state index in [1.165, 1.54) is 32.1 Å². The first kappa shape index (κ1) is 17.2. The molecule has 0 amide bonds. The maximum atomic E-state index is 9.87. The molecule has 7 heteroatoms. The van der Waals surface area contributed by atoms with E-state index in [4.69, 9.17) is 0 Å². The Hall–Kier alpha value is -1.63. The topological polar surface area (TPSA) is 95.0 Å². The molecule has 0 spiro atoms. The van der Waals surface area contributed by atoms with Crippen LogP contribution in [0.25, 0.3) is 0 Å².